The number of nitriles is 1. The summed E-state index contributed by atoms with van der Waals surface area (Å²) in [5.74, 6) is 0. The molecule has 0 aromatic heterocycles. The van der Waals surface area contributed by atoms with Gasteiger partial charge in [-0.2, -0.15) is 31.1 Å². The second-order valence-electron chi connectivity index (χ2n) is 5.63. The average Bonchev–Trinajstić information content (AvgIpc) is 2.59. The number of nitrogens with zero attached hydrogens (tertiary/aromatic N) is 2. The molecule has 9 heteroatoms. The fourth-order valence-corrected chi connectivity index (χ4v) is 2.40. The summed E-state index contributed by atoms with van der Waals surface area (Å²) in [6.45, 7) is 1.85. The molecule has 0 fully saturated rings. The number of benzene rings is 2. The maximum Gasteiger partial charge on any atom is 0.416 e. The number of urea groups is 1. The Morgan fingerprint density at radius 1 is 1.26 bits per heavy atom. The zero-order valence-corrected chi connectivity index (χ0v) is 15.9. The summed E-state index contributed by atoms with van der Waals surface area (Å²) >= 11 is 4.24. The van der Waals surface area contributed by atoms with Crippen molar-refractivity contribution >= 4 is 42.4 Å². The molecule has 0 bridgehead atoms. The number of rotatable bonds is 4. The minimum Gasteiger partial charge on any atom is -0.308 e. The van der Waals surface area contributed by atoms with Crippen LogP contribution in [0.5, 0.6) is 0 Å². The van der Waals surface area contributed by atoms with E-state index in [1.807, 2.05) is 6.07 Å². The van der Waals surface area contributed by atoms with Gasteiger partial charge in [0.25, 0.3) is 0 Å². The van der Waals surface area contributed by atoms with E-state index in [4.69, 9.17) is 5.26 Å². The van der Waals surface area contributed by atoms with Crippen LogP contribution in [0.3, 0.4) is 0 Å². The van der Waals surface area contributed by atoms with Gasteiger partial charge >= 0.3 is 12.2 Å². The van der Waals surface area contributed by atoms with E-state index in [2.05, 4.69) is 17.9 Å². The van der Waals surface area contributed by atoms with Crippen LogP contribution in [0.4, 0.5) is 29.3 Å². The van der Waals surface area contributed by atoms with Crippen molar-refractivity contribution in [2.75, 3.05) is 16.8 Å². The molecule has 2 aromatic rings. The van der Waals surface area contributed by atoms with Gasteiger partial charge in [-0.15, -0.1) is 12.4 Å². The summed E-state index contributed by atoms with van der Waals surface area (Å²) in [5, 5.41) is 11.2. The van der Waals surface area contributed by atoms with Crippen molar-refractivity contribution in [3.05, 3.63) is 59.7 Å². The molecule has 1 unspecified atom stereocenters. The molecule has 0 saturated heterocycles. The lowest BCUT2D eigenvalue weighted by Gasteiger charge is -2.25. The van der Waals surface area contributed by atoms with E-state index in [9.17, 15) is 18.0 Å². The smallest absolute Gasteiger partial charge is 0.308 e. The number of thiol groups is 1. The molecule has 2 amide bonds. The van der Waals surface area contributed by atoms with E-state index >= 15 is 0 Å². The van der Waals surface area contributed by atoms with Gasteiger partial charge < -0.3 is 5.32 Å². The summed E-state index contributed by atoms with van der Waals surface area (Å²) in [5.41, 5.74) is 0.143. The molecule has 1 atom stereocenters. The molecule has 144 valence electrons. The standard InChI is InChI=1S/C18H16F3N3OS.ClH/c1-12(26)11-24(16-4-2-3-14(9-16)18(19,20)21)17(25)23-15-7-5-13(10-22)6-8-15;/h2-9,12,26H,11H2,1H3,(H,23,25);1H. The van der Waals surface area contributed by atoms with Gasteiger partial charge in [0, 0.05) is 23.2 Å². The summed E-state index contributed by atoms with van der Waals surface area (Å²) in [6, 6.07) is 12.1. The van der Waals surface area contributed by atoms with Crippen molar-refractivity contribution in [3.63, 3.8) is 0 Å². The molecule has 27 heavy (non-hydrogen) atoms. The van der Waals surface area contributed by atoms with Gasteiger partial charge in [0.05, 0.1) is 17.2 Å². The third-order valence-corrected chi connectivity index (χ3v) is 3.61. The van der Waals surface area contributed by atoms with Gasteiger partial charge in [0.2, 0.25) is 0 Å². The third-order valence-electron chi connectivity index (χ3n) is 3.44. The van der Waals surface area contributed by atoms with E-state index in [-0.39, 0.29) is 29.9 Å². The number of anilines is 2. The molecule has 0 aliphatic heterocycles. The first-order valence-electron chi connectivity index (χ1n) is 7.64. The molecule has 0 aliphatic rings. The predicted molar refractivity (Wildman–Crippen MR) is 105 cm³/mol. The Morgan fingerprint density at radius 3 is 2.41 bits per heavy atom. The van der Waals surface area contributed by atoms with Crippen LogP contribution in [0.2, 0.25) is 0 Å². The highest BCUT2D eigenvalue weighted by molar-refractivity contribution is 7.81. The lowest BCUT2D eigenvalue weighted by molar-refractivity contribution is -0.137. The monoisotopic (exact) mass is 415 g/mol. The number of alkyl halides is 3. The molecule has 2 aromatic carbocycles. The van der Waals surface area contributed by atoms with Gasteiger partial charge in [0.15, 0.2) is 0 Å². The number of hydrogen-bond acceptors (Lipinski definition) is 3. The Morgan fingerprint density at radius 2 is 1.89 bits per heavy atom. The largest absolute Gasteiger partial charge is 0.416 e. The first kappa shape index (κ1) is 22.7. The summed E-state index contributed by atoms with van der Waals surface area (Å²) in [4.78, 5) is 13.8. The van der Waals surface area contributed by atoms with Crippen LogP contribution in [0.25, 0.3) is 0 Å². The van der Waals surface area contributed by atoms with Crippen molar-refractivity contribution in [2.45, 2.75) is 18.3 Å². The van der Waals surface area contributed by atoms with Crippen LogP contribution in [0, 0.1) is 11.3 Å². The quantitative estimate of drug-likeness (QED) is 0.661. The fraction of sp³-hybridized carbons (Fsp3) is 0.222. The first-order valence-corrected chi connectivity index (χ1v) is 8.16. The molecule has 1 N–H and O–H groups in total. The Kier molecular flexibility index (Phi) is 8.00. The Hall–Kier alpha value is -2.37. The van der Waals surface area contributed by atoms with E-state index in [0.717, 1.165) is 12.1 Å². The van der Waals surface area contributed by atoms with Crippen LogP contribution in [0.15, 0.2) is 48.5 Å². The van der Waals surface area contributed by atoms with Gasteiger partial charge in [0.1, 0.15) is 0 Å². The number of carbonyl (C=O) groups excluding carboxylic acids is 1. The van der Waals surface area contributed by atoms with E-state index in [1.54, 1.807) is 19.1 Å². The Balaban J connectivity index is 0.00000364. The van der Waals surface area contributed by atoms with Crippen LogP contribution in [0.1, 0.15) is 18.1 Å². The second kappa shape index (κ2) is 9.53. The molecule has 0 aliphatic carbocycles. The molecule has 0 spiro atoms. The summed E-state index contributed by atoms with van der Waals surface area (Å²) in [7, 11) is 0. The second-order valence-corrected chi connectivity index (χ2v) is 6.51. The summed E-state index contributed by atoms with van der Waals surface area (Å²) in [6.07, 6.45) is -4.50. The lowest BCUT2D eigenvalue weighted by atomic mass is 10.1. The average molecular weight is 416 g/mol. The van der Waals surface area contributed by atoms with Crippen LogP contribution >= 0.6 is 25.0 Å². The fourth-order valence-electron chi connectivity index (χ4n) is 2.24. The maximum atomic E-state index is 13.0. The Bertz CT molecular complexity index is 820. The van der Waals surface area contributed by atoms with Crippen molar-refractivity contribution in [2.24, 2.45) is 0 Å². The van der Waals surface area contributed by atoms with Crippen LogP contribution in [-0.4, -0.2) is 17.8 Å². The maximum absolute atomic E-state index is 13.0. The molecule has 0 saturated carbocycles. The van der Waals surface area contributed by atoms with Gasteiger partial charge in [-0.05, 0) is 42.5 Å². The molecular formula is C18H17ClF3N3OS. The van der Waals surface area contributed by atoms with Gasteiger partial charge in [-0.25, -0.2) is 4.79 Å². The highest BCUT2D eigenvalue weighted by atomic mass is 35.5. The highest BCUT2D eigenvalue weighted by Gasteiger charge is 2.31. The number of halogens is 4. The van der Waals surface area contributed by atoms with Gasteiger partial charge in [-0.1, -0.05) is 13.0 Å². The normalized spacial score (nSPS) is 11.7. The van der Waals surface area contributed by atoms with Gasteiger partial charge in [-0.3, -0.25) is 4.90 Å². The zero-order chi connectivity index (χ0) is 19.3. The lowest BCUT2D eigenvalue weighted by Crippen LogP contribution is -2.38. The molecular weight excluding hydrogens is 399 g/mol. The van der Waals surface area contributed by atoms with E-state index in [0.29, 0.717) is 11.3 Å². The topological polar surface area (TPSA) is 56.1 Å². The number of carbonyl (C=O) groups is 1. The van der Waals surface area contributed by atoms with E-state index < -0.39 is 17.8 Å². The van der Waals surface area contributed by atoms with Crippen LogP contribution < -0.4 is 10.2 Å². The highest BCUT2D eigenvalue weighted by Crippen LogP contribution is 2.32. The number of hydrogen-bond donors (Lipinski definition) is 2. The van der Waals surface area contributed by atoms with Crippen molar-refractivity contribution in [3.8, 4) is 6.07 Å². The SMILES string of the molecule is CC(S)CN(C(=O)Nc1ccc(C#N)cc1)c1cccc(C(F)(F)F)c1.Cl. The number of amides is 2. The van der Waals surface area contributed by atoms with E-state index in [1.165, 1.54) is 29.2 Å². The Labute approximate surface area is 166 Å². The minimum absolute atomic E-state index is 0. The zero-order valence-electron chi connectivity index (χ0n) is 14.2. The molecule has 0 heterocycles. The van der Waals surface area contributed by atoms with Crippen LogP contribution in [-0.2, 0) is 6.18 Å². The molecule has 0 radical (unpaired) electrons. The summed E-state index contributed by atoms with van der Waals surface area (Å²) < 4.78 is 38.9. The molecule has 2 rings (SSSR count). The van der Waals surface area contributed by atoms with Crippen molar-refractivity contribution in [1.29, 1.82) is 5.26 Å². The molecule has 4 nitrogen and oxygen atoms in total. The van der Waals surface area contributed by atoms with Crippen molar-refractivity contribution < 1.29 is 18.0 Å². The first-order chi connectivity index (χ1) is 12.2. The third kappa shape index (κ3) is 6.38. The minimum atomic E-state index is -4.50. The van der Waals surface area contributed by atoms with Crippen molar-refractivity contribution in [1.82, 2.24) is 0 Å². The predicted octanol–water partition coefficient (Wildman–Crippen LogP) is 5.36. The number of nitrogens with one attached hydrogen (secondary N) is 1.